The van der Waals surface area contributed by atoms with E-state index in [2.05, 4.69) is 0 Å². The SMILES string of the molecule is O=C(NO)c1ccc2c(c1)CC[C@@]1(CCN(CC3COC3)C1=O)C2. The maximum absolute atomic E-state index is 13.0. The number of aryl methyl sites for hydroxylation is 1. The van der Waals surface area contributed by atoms with E-state index in [0.29, 0.717) is 11.5 Å². The number of ether oxygens (including phenoxy) is 1. The van der Waals surface area contributed by atoms with Gasteiger partial charge in [0.15, 0.2) is 0 Å². The maximum atomic E-state index is 13.0. The van der Waals surface area contributed by atoms with E-state index in [1.807, 2.05) is 17.0 Å². The summed E-state index contributed by atoms with van der Waals surface area (Å²) in [5.74, 6) is 0.292. The van der Waals surface area contributed by atoms with Crippen molar-refractivity contribution in [2.45, 2.75) is 25.7 Å². The molecule has 2 N–H and O–H groups in total. The second-order valence-corrected chi connectivity index (χ2v) is 7.29. The average molecular weight is 330 g/mol. The number of likely N-dealkylation sites (tertiary alicyclic amines) is 1. The van der Waals surface area contributed by atoms with Crippen LogP contribution in [0, 0.1) is 11.3 Å². The summed E-state index contributed by atoms with van der Waals surface area (Å²) < 4.78 is 5.22. The lowest BCUT2D eigenvalue weighted by Gasteiger charge is -2.35. The zero-order valence-corrected chi connectivity index (χ0v) is 13.6. The van der Waals surface area contributed by atoms with Crippen LogP contribution >= 0.6 is 0 Å². The second kappa shape index (κ2) is 5.86. The van der Waals surface area contributed by atoms with Crippen LogP contribution < -0.4 is 5.48 Å². The Morgan fingerprint density at radius 2 is 2.17 bits per heavy atom. The van der Waals surface area contributed by atoms with Crippen LogP contribution in [0.5, 0.6) is 0 Å². The molecule has 1 aromatic carbocycles. The molecule has 2 heterocycles. The van der Waals surface area contributed by atoms with Gasteiger partial charge < -0.3 is 9.64 Å². The molecule has 128 valence electrons. The largest absolute Gasteiger partial charge is 0.381 e. The van der Waals surface area contributed by atoms with Crippen molar-refractivity contribution in [3.8, 4) is 0 Å². The fourth-order valence-corrected chi connectivity index (χ4v) is 4.23. The normalized spacial score (nSPS) is 26.4. The lowest BCUT2D eigenvalue weighted by Crippen LogP contribution is -2.44. The van der Waals surface area contributed by atoms with Crippen molar-refractivity contribution in [2.75, 3.05) is 26.3 Å². The van der Waals surface area contributed by atoms with Crippen LogP contribution in [-0.4, -0.2) is 48.2 Å². The Hall–Kier alpha value is -1.92. The lowest BCUT2D eigenvalue weighted by atomic mass is 9.70. The number of nitrogens with one attached hydrogen (secondary N) is 1. The molecular weight excluding hydrogens is 308 g/mol. The highest BCUT2D eigenvalue weighted by Gasteiger charge is 2.48. The van der Waals surface area contributed by atoms with Gasteiger partial charge in [0.2, 0.25) is 5.91 Å². The predicted octanol–water partition coefficient (Wildman–Crippen LogP) is 1.16. The fourth-order valence-electron chi connectivity index (χ4n) is 4.23. The first-order chi connectivity index (χ1) is 11.6. The Balaban J connectivity index is 1.51. The van der Waals surface area contributed by atoms with Crippen molar-refractivity contribution in [1.29, 1.82) is 0 Å². The number of hydroxylamine groups is 1. The molecule has 2 saturated heterocycles. The topological polar surface area (TPSA) is 78.9 Å². The number of benzene rings is 1. The highest BCUT2D eigenvalue weighted by molar-refractivity contribution is 5.93. The van der Waals surface area contributed by atoms with E-state index in [1.54, 1.807) is 11.5 Å². The first-order valence-corrected chi connectivity index (χ1v) is 8.55. The van der Waals surface area contributed by atoms with Crippen molar-refractivity contribution in [2.24, 2.45) is 11.3 Å². The number of nitrogens with zero attached hydrogens (tertiary/aromatic N) is 1. The maximum Gasteiger partial charge on any atom is 0.274 e. The van der Waals surface area contributed by atoms with Gasteiger partial charge in [-0.25, -0.2) is 5.48 Å². The Bertz CT molecular complexity index is 686. The zero-order valence-electron chi connectivity index (χ0n) is 13.6. The van der Waals surface area contributed by atoms with E-state index >= 15 is 0 Å². The van der Waals surface area contributed by atoms with Gasteiger partial charge in [-0.1, -0.05) is 6.07 Å². The number of carbonyl (C=O) groups excluding carboxylic acids is 2. The molecule has 0 radical (unpaired) electrons. The standard InChI is InChI=1S/C18H22N2O4/c21-16(19-23)14-1-2-15-8-18(4-3-13(15)7-14)5-6-20(17(18)22)9-12-10-24-11-12/h1-2,7,12,23H,3-6,8-11H2,(H,19,21)/t18-/m1/s1. The molecule has 0 unspecified atom stereocenters. The number of hydrogen-bond donors (Lipinski definition) is 2. The van der Waals surface area contributed by atoms with E-state index in [9.17, 15) is 9.59 Å². The zero-order chi connectivity index (χ0) is 16.7. The van der Waals surface area contributed by atoms with Crippen molar-refractivity contribution >= 4 is 11.8 Å². The van der Waals surface area contributed by atoms with E-state index < -0.39 is 5.91 Å². The lowest BCUT2D eigenvalue weighted by molar-refractivity contribution is -0.139. The minimum Gasteiger partial charge on any atom is -0.381 e. The van der Waals surface area contributed by atoms with Crippen molar-refractivity contribution < 1.29 is 19.5 Å². The minimum absolute atomic E-state index is 0.266. The summed E-state index contributed by atoms with van der Waals surface area (Å²) in [4.78, 5) is 26.5. The van der Waals surface area contributed by atoms with Crippen LogP contribution in [0.15, 0.2) is 18.2 Å². The van der Waals surface area contributed by atoms with Gasteiger partial charge in [0, 0.05) is 24.6 Å². The molecule has 1 spiro atoms. The molecule has 4 rings (SSSR count). The van der Waals surface area contributed by atoms with Crippen molar-refractivity contribution in [1.82, 2.24) is 10.4 Å². The van der Waals surface area contributed by atoms with Gasteiger partial charge in [-0.3, -0.25) is 14.8 Å². The van der Waals surface area contributed by atoms with Gasteiger partial charge in [-0.05, 0) is 48.9 Å². The molecule has 1 aromatic rings. The van der Waals surface area contributed by atoms with Crippen molar-refractivity contribution in [3.05, 3.63) is 34.9 Å². The van der Waals surface area contributed by atoms with Crippen LogP contribution in [0.3, 0.4) is 0 Å². The smallest absolute Gasteiger partial charge is 0.274 e. The van der Waals surface area contributed by atoms with E-state index in [4.69, 9.17) is 9.94 Å². The van der Waals surface area contributed by atoms with Crippen molar-refractivity contribution in [3.63, 3.8) is 0 Å². The molecule has 2 amide bonds. The van der Waals surface area contributed by atoms with Gasteiger partial charge in [0.25, 0.3) is 5.91 Å². The number of rotatable bonds is 3. The summed E-state index contributed by atoms with van der Waals surface area (Å²) in [6, 6.07) is 5.47. The molecule has 6 heteroatoms. The van der Waals surface area contributed by atoms with Gasteiger partial charge in [0.05, 0.1) is 18.6 Å². The highest BCUT2D eigenvalue weighted by atomic mass is 16.5. The van der Waals surface area contributed by atoms with E-state index in [-0.39, 0.29) is 11.3 Å². The van der Waals surface area contributed by atoms with Crippen LogP contribution in [-0.2, 0) is 22.4 Å². The van der Waals surface area contributed by atoms with Crippen LogP contribution in [0.1, 0.15) is 34.3 Å². The second-order valence-electron chi connectivity index (χ2n) is 7.29. The third-order valence-electron chi connectivity index (χ3n) is 5.76. The number of amides is 2. The monoisotopic (exact) mass is 330 g/mol. The molecule has 2 fully saturated rings. The van der Waals surface area contributed by atoms with Crippen LogP contribution in [0.25, 0.3) is 0 Å². The van der Waals surface area contributed by atoms with E-state index in [1.165, 1.54) is 0 Å². The van der Waals surface area contributed by atoms with Gasteiger partial charge in [-0.2, -0.15) is 0 Å². The molecule has 24 heavy (non-hydrogen) atoms. The number of fused-ring (bicyclic) bond motifs is 1. The van der Waals surface area contributed by atoms with Crippen LogP contribution in [0.2, 0.25) is 0 Å². The van der Waals surface area contributed by atoms with Gasteiger partial charge >= 0.3 is 0 Å². The molecule has 1 aliphatic carbocycles. The highest BCUT2D eigenvalue weighted by Crippen LogP contribution is 2.44. The Morgan fingerprint density at radius 1 is 1.33 bits per heavy atom. The molecule has 0 aromatic heterocycles. The molecule has 0 bridgehead atoms. The van der Waals surface area contributed by atoms with E-state index in [0.717, 1.165) is 63.1 Å². The molecule has 6 nitrogen and oxygen atoms in total. The Labute approximate surface area is 140 Å². The number of hydrogen-bond acceptors (Lipinski definition) is 4. The minimum atomic E-state index is -0.496. The number of carbonyl (C=O) groups is 2. The van der Waals surface area contributed by atoms with Gasteiger partial charge in [0.1, 0.15) is 0 Å². The average Bonchev–Trinajstić information content (AvgIpc) is 2.86. The molecule has 3 aliphatic rings. The predicted molar refractivity (Wildman–Crippen MR) is 85.7 cm³/mol. The Kier molecular flexibility index (Phi) is 3.81. The summed E-state index contributed by atoms with van der Waals surface area (Å²) in [6.07, 6.45) is 3.30. The summed E-state index contributed by atoms with van der Waals surface area (Å²) in [5.41, 5.74) is 4.12. The molecule has 2 aliphatic heterocycles. The Morgan fingerprint density at radius 3 is 2.88 bits per heavy atom. The molecule has 0 saturated carbocycles. The quantitative estimate of drug-likeness (QED) is 0.644. The first kappa shape index (κ1) is 15.6. The molecule has 1 atom stereocenters. The summed E-state index contributed by atoms with van der Waals surface area (Å²) in [6.45, 7) is 3.21. The third-order valence-corrected chi connectivity index (χ3v) is 5.76. The van der Waals surface area contributed by atoms with Crippen LogP contribution in [0.4, 0.5) is 0 Å². The summed E-state index contributed by atoms with van der Waals surface area (Å²) in [7, 11) is 0. The molecular formula is C18H22N2O4. The fraction of sp³-hybridized carbons (Fsp3) is 0.556. The summed E-state index contributed by atoms with van der Waals surface area (Å²) >= 11 is 0. The third kappa shape index (κ3) is 2.50. The summed E-state index contributed by atoms with van der Waals surface area (Å²) in [5, 5.41) is 8.76. The first-order valence-electron chi connectivity index (χ1n) is 8.55. The van der Waals surface area contributed by atoms with Gasteiger partial charge in [-0.15, -0.1) is 0 Å².